The monoisotopic (exact) mass is 327 g/mol. The SMILES string of the molecule is CCOP(=O)(OCC)SCC(=O)N[C@H](C(=O)O)C(C)C. The number of amides is 1. The Morgan fingerprint density at radius 2 is 1.75 bits per heavy atom. The number of hydrogen-bond acceptors (Lipinski definition) is 6. The quantitative estimate of drug-likeness (QED) is 0.593. The molecule has 1 amide bonds. The van der Waals surface area contributed by atoms with Gasteiger partial charge in [-0.2, -0.15) is 0 Å². The fraction of sp³-hybridized carbons (Fsp3) is 0.818. The second-order valence-electron chi connectivity index (χ2n) is 4.18. The fourth-order valence-electron chi connectivity index (χ4n) is 1.29. The lowest BCUT2D eigenvalue weighted by Gasteiger charge is -2.19. The van der Waals surface area contributed by atoms with Gasteiger partial charge in [0.1, 0.15) is 6.04 Å². The highest BCUT2D eigenvalue weighted by molar-refractivity contribution is 8.55. The maximum absolute atomic E-state index is 12.1. The maximum Gasteiger partial charge on any atom is 0.389 e. The fourth-order valence-corrected chi connectivity index (χ4v) is 4.41. The van der Waals surface area contributed by atoms with E-state index in [4.69, 9.17) is 14.2 Å². The van der Waals surface area contributed by atoms with Crippen LogP contribution in [-0.2, 0) is 23.2 Å². The molecule has 0 aromatic rings. The van der Waals surface area contributed by atoms with Crippen LogP contribution in [-0.4, -0.2) is 42.0 Å². The molecule has 0 fully saturated rings. The molecule has 0 aromatic heterocycles. The molecule has 20 heavy (non-hydrogen) atoms. The van der Waals surface area contributed by atoms with Crippen molar-refractivity contribution in [1.29, 1.82) is 0 Å². The summed E-state index contributed by atoms with van der Waals surface area (Å²) in [4.78, 5) is 22.6. The average Bonchev–Trinajstić information content (AvgIpc) is 2.33. The summed E-state index contributed by atoms with van der Waals surface area (Å²) in [6.07, 6.45) is 0. The summed E-state index contributed by atoms with van der Waals surface area (Å²) in [5.74, 6) is -2.05. The molecule has 0 aliphatic carbocycles. The van der Waals surface area contributed by atoms with Crippen molar-refractivity contribution in [2.24, 2.45) is 5.92 Å². The standard InChI is InChI=1S/C11H22NO6PS/c1-5-17-19(16,18-6-2)20-7-9(13)12-10(8(3)4)11(14)15/h8,10H,5-7H2,1-4H3,(H,12,13)(H,14,15)/t10-/m0/s1. The molecule has 0 rings (SSSR count). The molecule has 0 spiro atoms. The van der Waals surface area contributed by atoms with Gasteiger partial charge in [-0.1, -0.05) is 13.8 Å². The number of carbonyl (C=O) groups excluding carboxylic acids is 1. The Kier molecular flexibility index (Phi) is 9.13. The van der Waals surface area contributed by atoms with Crippen LogP contribution in [0.3, 0.4) is 0 Å². The Morgan fingerprint density at radius 3 is 2.10 bits per heavy atom. The lowest BCUT2D eigenvalue weighted by Crippen LogP contribution is -2.45. The topological polar surface area (TPSA) is 102 Å². The number of rotatable bonds is 10. The van der Waals surface area contributed by atoms with E-state index in [-0.39, 0.29) is 24.9 Å². The van der Waals surface area contributed by atoms with Crippen LogP contribution in [0.5, 0.6) is 0 Å². The Bertz CT molecular complexity index is 366. The van der Waals surface area contributed by atoms with E-state index >= 15 is 0 Å². The minimum atomic E-state index is -3.36. The van der Waals surface area contributed by atoms with Crippen LogP contribution < -0.4 is 5.32 Å². The summed E-state index contributed by atoms with van der Waals surface area (Å²) < 4.78 is 22.1. The third-order valence-corrected chi connectivity index (χ3v) is 6.00. The van der Waals surface area contributed by atoms with Gasteiger partial charge < -0.3 is 19.5 Å². The van der Waals surface area contributed by atoms with Crippen molar-refractivity contribution >= 4 is 30.1 Å². The molecule has 7 nitrogen and oxygen atoms in total. The van der Waals surface area contributed by atoms with Crippen molar-refractivity contribution in [3.8, 4) is 0 Å². The van der Waals surface area contributed by atoms with Crippen LogP contribution in [0, 0.1) is 5.92 Å². The summed E-state index contributed by atoms with van der Waals surface area (Å²) in [5.41, 5.74) is 0. The van der Waals surface area contributed by atoms with Crippen LogP contribution in [0.4, 0.5) is 0 Å². The van der Waals surface area contributed by atoms with E-state index < -0.39 is 24.7 Å². The minimum absolute atomic E-state index is 0.187. The number of hydrogen-bond donors (Lipinski definition) is 2. The molecule has 0 aromatic carbocycles. The molecule has 1 atom stereocenters. The molecule has 0 radical (unpaired) electrons. The van der Waals surface area contributed by atoms with Crippen molar-refractivity contribution in [2.75, 3.05) is 19.0 Å². The molecule has 0 heterocycles. The summed E-state index contributed by atoms with van der Waals surface area (Å²) in [5, 5.41) is 11.3. The predicted molar refractivity (Wildman–Crippen MR) is 77.7 cm³/mol. The number of aliphatic carboxylic acids is 1. The predicted octanol–water partition coefficient (Wildman–Crippen LogP) is 2.13. The van der Waals surface area contributed by atoms with Crippen molar-refractivity contribution in [3.63, 3.8) is 0 Å². The second-order valence-corrected chi connectivity index (χ2v) is 8.26. The molecule has 0 saturated carbocycles. The van der Waals surface area contributed by atoms with Crippen LogP contribution in [0.1, 0.15) is 27.7 Å². The molecule has 0 aliphatic rings. The van der Waals surface area contributed by atoms with E-state index in [1.807, 2.05) is 0 Å². The number of carboxylic acid groups (broad SMARTS) is 1. The van der Waals surface area contributed by atoms with Gasteiger partial charge in [-0.05, 0) is 31.1 Å². The molecule has 0 unspecified atom stereocenters. The Labute approximate surface area is 123 Å². The Morgan fingerprint density at radius 1 is 1.25 bits per heavy atom. The van der Waals surface area contributed by atoms with Gasteiger partial charge in [-0.3, -0.25) is 4.79 Å². The van der Waals surface area contributed by atoms with Gasteiger partial charge >= 0.3 is 12.8 Å². The molecule has 0 bridgehead atoms. The van der Waals surface area contributed by atoms with Gasteiger partial charge in [0, 0.05) is 0 Å². The van der Waals surface area contributed by atoms with Crippen LogP contribution in [0.15, 0.2) is 0 Å². The molecule has 9 heteroatoms. The van der Waals surface area contributed by atoms with Crippen LogP contribution in [0.2, 0.25) is 0 Å². The van der Waals surface area contributed by atoms with Gasteiger partial charge in [0.15, 0.2) is 0 Å². The van der Waals surface area contributed by atoms with Gasteiger partial charge in [0.05, 0.1) is 19.0 Å². The van der Waals surface area contributed by atoms with Crippen molar-refractivity contribution in [1.82, 2.24) is 5.32 Å². The zero-order valence-corrected chi connectivity index (χ0v) is 13.8. The highest BCUT2D eigenvalue weighted by Crippen LogP contribution is 2.60. The van der Waals surface area contributed by atoms with Crippen molar-refractivity contribution < 1.29 is 28.3 Å². The van der Waals surface area contributed by atoms with Crippen molar-refractivity contribution in [3.05, 3.63) is 0 Å². The van der Waals surface area contributed by atoms with Crippen molar-refractivity contribution in [2.45, 2.75) is 33.7 Å². The molecular weight excluding hydrogens is 305 g/mol. The third kappa shape index (κ3) is 7.28. The zero-order valence-electron chi connectivity index (χ0n) is 12.1. The molecular formula is C11H22NO6PS. The highest BCUT2D eigenvalue weighted by Gasteiger charge is 2.28. The second kappa shape index (κ2) is 9.39. The van der Waals surface area contributed by atoms with Gasteiger partial charge in [-0.15, -0.1) is 0 Å². The van der Waals surface area contributed by atoms with Gasteiger partial charge in [-0.25, -0.2) is 9.36 Å². The Balaban J connectivity index is 4.46. The molecule has 0 aliphatic heterocycles. The normalized spacial score (nSPS) is 13.2. The molecule has 118 valence electrons. The van der Waals surface area contributed by atoms with Crippen LogP contribution >= 0.6 is 18.2 Å². The zero-order chi connectivity index (χ0) is 15.8. The summed E-state index contributed by atoms with van der Waals surface area (Å²) in [6, 6.07) is -0.971. The van der Waals surface area contributed by atoms with E-state index in [2.05, 4.69) is 5.32 Å². The van der Waals surface area contributed by atoms with E-state index in [0.29, 0.717) is 0 Å². The summed E-state index contributed by atoms with van der Waals surface area (Å²) in [7, 11) is 0. The first-order valence-corrected chi connectivity index (χ1v) is 9.44. The van der Waals surface area contributed by atoms with E-state index in [1.54, 1.807) is 27.7 Å². The summed E-state index contributed by atoms with van der Waals surface area (Å²) in [6.45, 7) is 3.78. The minimum Gasteiger partial charge on any atom is -0.480 e. The lowest BCUT2D eigenvalue weighted by atomic mass is 10.1. The van der Waals surface area contributed by atoms with E-state index in [9.17, 15) is 14.2 Å². The third-order valence-electron chi connectivity index (χ3n) is 2.18. The molecule has 0 saturated heterocycles. The maximum atomic E-state index is 12.1. The first-order chi connectivity index (χ1) is 9.25. The lowest BCUT2D eigenvalue weighted by molar-refractivity contribution is -0.142. The van der Waals surface area contributed by atoms with Gasteiger partial charge in [0.2, 0.25) is 5.91 Å². The smallest absolute Gasteiger partial charge is 0.389 e. The summed E-state index contributed by atoms with van der Waals surface area (Å²) >= 11 is 0.753. The number of carboxylic acids is 1. The van der Waals surface area contributed by atoms with Gasteiger partial charge in [0.25, 0.3) is 0 Å². The average molecular weight is 327 g/mol. The highest BCUT2D eigenvalue weighted by atomic mass is 32.7. The molecule has 2 N–H and O–H groups in total. The first-order valence-electron chi connectivity index (χ1n) is 6.31. The number of carbonyl (C=O) groups is 2. The van der Waals surface area contributed by atoms with Crippen LogP contribution in [0.25, 0.3) is 0 Å². The van der Waals surface area contributed by atoms with E-state index in [0.717, 1.165) is 11.4 Å². The Hall–Kier alpha value is -0.560. The number of nitrogens with one attached hydrogen (secondary N) is 1. The largest absolute Gasteiger partial charge is 0.480 e. The van der Waals surface area contributed by atoms with E-state index in [1.165, 1.54) is 0 Å². The first kappa shape index (κ1) is 19.4.